The van der Waals surface area contributed by atoms with Gasteiger partial charge in [-0.2, -0.15) is 0 Å². The van der Waals surface area contributed by atoms with Gasteiger partial charge < -0.3 is 4.98 Å². The van der Waals surface area contributed by atoms with Crippen LogP contribution >= 0.6 is 11.8 Å². The number of aromatic nitrogens is 2. The zero-order valence-electron chi connectivity index (χ0n) is 6.95. The second kappa shape index (κ2) is 6.08. The Morgan fingerprint density at radius 2 is 2.33 bits per heavy atom. The molecule has 0 aliphatic heterocycles. The SMILES string of the molecule is [O]CCCCCSc1ncc[nH]1. The lowest BCUT2D eigenvalue weighted by Gasteiger charge is -1.96. The van der Waals surface area contributed by atoms with Gasteiger partial charge in [0.15, 0.2) is 5.16 Å². The predicted octanol–water partition coefficient (Wildman–Crippen LogP) is 2.10. The summed E-state index contributed by atoms with van der Waals surface area (Å²) in [5.74, 6) is 1.05. The molecular formula is C8H13N2OS. The normalized spacial score (nSPS) is 10.4. The maximum absolute atomic E-state index is 10.1. The first-order valence-electron chi connectivity index (χ1n) is 4.14. The third-order valence-electron chi connectivity index (χ3n) is 1.50. The van der Waals surface area contributed by atoms with Crippen molar-refractivity contribution in [1.29, 1.82) is 0 Å². The number of H-pyrrole nitrogens is 1. The van der Waals surface area contributed by atoms with Crippen LogP contribution in [0, 0.1) is 0 Å². The highest BCUT2D eigenvalue weighted by Gasteiger charge is 1.94. The lowest BCUT2D eigenvalue weighted by atomic mass is 10.3. The molecule has 4 heteroatoms. The second-order valence-electron chi connectivity index (χ2n) is 2.51. The Morgan fingerprint density at radius 3 is 3.00 bits per heavy atom. The van der Waals surface area contributed by atoms with Crippen LogP contribution in [-0.2, 0) is 5.11 Å². The minimum atomic E-state index is 0.0609. The summed E-state index contributed by atoms with van der Waals surface area (Å²) < 4.78 is 0. The summed E-state index contributed by atoms with van der Waals surface area (Å²) in [6, 6.07) is 0. The Bertz CT molecular complexity index is 189. The quantitative estimate of drug-likeness (QED) is 0.545. The number of hydrogen-bond donors (Lipinski definition) is 1. The molecule has 1 N–H and O–H groups in total. The van der Waals surface area contributed by atoms with Gasteiger partial charge in [-0.25, -0.2) is 10.1 Å². The number of nitrogens with one attached hydrogen (secondary N) is 1. The molecular weight excluding hydrogens is 172 g/mol. The molecule has 0 aliphatic rings. The van der Waals surface area contributed by atoms with Gasteiger partial charge in [-0.3, -0.25) is 0 Å². The largest absolute Gasteiger partial charge is 0.340 e. The van der Waals surface area contributed by atoms with Gasteiger partial charge in [0.1, 0.15) is 0 Å². The summed E-state index contributed by atoms with van der Waals surface area (Å²) in [7, 11) is 0. The number of hydrogen-bond acceptors (Lipinski definition) is 2. The van der Waals surface area contributed by atoms with Crippen molar-refractivity contribution in [2.45, 2.75) is 24.4 Å². The van der Waals surface area contributed by atoms with Crippen LogP contribution in [0.1, 0.15) is 19.3 Å². The second-order valence-corrected chi connectivity index (χ2v) is 3.59. The van der Waals surface area contributed by atoms with Crippen LogP contribution < -0.4 is 0 Å². The van der Waals surface area contributed by atoms with Gasteiger partial charge in [-0.1, -0.05) is 18.2 Å². The Kier molecular flexibility index (Phi) is 4.87. The summed E-state index contributed by atoms with van der Waals surface area (Å²) in [5.41, 5.74) is 0. The Labute approximate surface area is 76.6 Å². The van der Waals surface area contributed by atoms with Gasteiger partial charge in [-0.15, -0.1) is 0 Å². The Hall–Kier alpha value is -0.480. The third-order valence-corrected chi connectivity index (χ3v) is 2.49. The van der Waals surface area contributed by atoms with E-state index in [-0.39, 0.29) is 6.61 Å². The van der Waals surface area contributed by atoms with Gasteiger partial charge in [0, 0.05) is 18.1 Å². The van der Waals surface area contributed by atoms with Crippen LogP contribution in [0.25, 0.3) is 0 Å². The molecule has 1 aromatic rings. The zero-order chi connectivity index (χ0) is 8.65. The molecule has 12 heavy (non-hydrogen) atoms. The highest BCUT2D eigenvalue weighted by molar-refractivity contribution is 7.99. The first-order chi connectivity index (χ1) is 5.93. The molecule has 0 aliphatic carbocycles. The summed E-state index contributed by atoms with van der Waals surface area (Å²) in [6.07, 6.45) is 6.52. The fourth-order valence-corrected chi connectivity index (χ4v) is 1.71. The molecule has 0 unspecified atom stereocenters. The molecule has 0 saturated carbocycles. The van der Waals surface area contributed by atoms with E-state index in [0.29, 0.717) is 0 Å². The van der Waals surface area contributed by atoms with E-state index in [0.717, 1.165) is 30.2 Å². The van der Waals surface area contributed by atoms with Crippen LogP contribution in [0.4, 0.5) is 0 Å². The third kappa shape index (κ3) is 3.78. The van der Waals surface area contributed by atoms with Gasteiger partial charge in [0.25, 0.3) is 0 Å². The van der Waals surface area contributed by atoms with E-state index in [1.165, 1.54) is 0 Å². The van der Waals surface area contributed by atoms with E-state index in [1.54, 1.807) is 18.0 Å². The fraction of sp³-hybridized carbons (Fsp3) is 0.625. The van der Waals surface area contributed by atoms with Crippen LogP contribution in [0.3, 0.4) is 0 Å². The number of thioether (sulfide) groups is 1. The Balaban J connectivity index is 1.96. The molecule has 0 aromatic carbocycles. The lowest BCUT2D eigenvalue weighted by Crippen LogP contribution is -1.85. The molecule has 0 saturated heterocycles. The van der Waals surface area contributed by atoms with Crippen LogP contribution in [-0.4, -0.2) is 22.3 Å². The smallest absolute Gasteiger partial charge is 0.165 e. The topological polar surface area (TPSA) is 48.6 Å². The monoisotopic (exact) mass is 185 g/mol. The maximum atomic E-state index is 10.1. The van der Waals surface area contributed by atoms with E-state index < -0.39 is 0 Å². The number of imidazole rings is 1. The van der Waals surface area contributed by atoms with Crippen molar-refractivity contribution >= 4 is 11.8 Å². The van der Waals surface area contributed by atoms with Gasteiger partial charge in [0.05, 0.1) is 6.61 Å². The van der Waals surface area contributed by atoms with Crippen molar-refractivity contribution < 1.29 is 5.11 Å². The van der Waals surface area contributed by atoms with Crippen LogP contribution in [0.15, 0.2) is 17.6 Å². The molecule has 0 bridgehead atoms. The predicted molar refractivity (Wildman–Crippen MR) is 48.7 cm³/mol. The van der Waals surface area contributed by atoms with Crippen molar-refractivity contribution in [2.24, 2.45) is 0 Å². The molecule has 1 radical (unpaired) electrons. The lowest BCUT2D eigenvalue weighted by molar-refractivity contribution is 0.186. The van der Waals surface area contributed by atoms with Gasteiger partial charge in [-0.05, 0) is 12.8 Å². The molecule has 1 rings (SSSR count). The molecule has 3 nitrogen and oxygen atoms in total. The highest BCUT2D eigenvalue weighted by Crippen LogP contribution is 2.13. The van der Waals surface area contributed by atoms with Crippen molar-refractivity contribution in [3.05, 3.63) is 12.4 Å². The average molecular weight is 185 g/mol. The van der Waals surface area contributed by atoms with E-state index in [2.05, 4.69) is 9.97 Å². The molecule has 0 fully saturated rings. The van der Waals surface area contributed by atoms with Crippen LogP contribution in [0.5, 0.6) is 0 Å². The molecule has 0 spiro atoms. The molecule has 0 amide bonds. The van der Waals surface area contributed by atoms with E-state index >= 15 is 0 Å². The average Bonchev–Trinajstić information content (AvgIpc) is 2.57. The van der Waals surface area contributed by atoms with E-state index in [9.17, 15) is 5.11 Å². The number of unbranched alkanes of at least 4 members (excludes halogenated alkanes) is 2. The molecule has 67 valence electrons. The summed E-state index contributed by atoms with van der Waals surface area (Å²) in [4.78, 5) is 7.10. The minimum absolute atomic E-state index is 0.0609. The summed E-state index contributed by atoms with van der Waals surface area (Å²) >= 11 is 1.71. The number of rotatable bonds is 6. The standard InChI is InChI=1S/C8H13N2OS/c11-6-2-1-3-7-12-8-9-4-5-10-8/h4-5H,1-3,6-7H2,(H,9,10). The summed E-state index contributed by atoms with van der Waals surface area (Å²) in [6.45, 7) is 0.0609. The minimum Gasteiger partial charge on any atom is -0.340 e. The first kappa shape index (κ1) is 9.61. The van der Waals surface area contributed by atoms with Crippen molar-refractivity contribution in [2.75, 3.05) is 12.4 Å². The maximum Gasteiger partial charge on any atom is 0.165 e. The molecule has 0 atom stereocenters. The van der Waals surface area contributed by atoms with E-state index in [1.807, 2.05) is 6.20 Å². The Morgan fingerprint density at radius 1 is 1.42 bits per heavy atom. The molecule has 1 heterocycles. The zero-order valence-corrected chi connectivity index (χ0v) is 7.77. The van der Waals surface area contributed by atoms with Gasteiger partial charge >= 0.3 is 0 Å². The number of aromatic amines is 1. The fourth-order valence-electron chi connectivity index (χ4n) is 0.879. The van der Waals surface area contributed by atoms with Crippen LogP contribution in [0.2, 0.25) is 0 Å². The summed E-state index contributed by atoms with van der Waals surface area (Å²) in [5, 5.41) is 11.1. The number of nitrogens with zero attached hydrogens (tertiary/aromatic N) is 1. The first-order valence-corrected chi connectivity index (χ1v) is 5.12. The van der Waals surface area contributed by atoms with Crippen molar-refractivity contribution in [1.82, 2.24) is 9.97 Å². The van der Waals surface area contributed by atoms with E-state index in [4.69, 9.17) is 0 Å². The van der Waals surface area contributed by atoms with Crippen molar-refractivity contribution in [3.63, 3.8) is 0 Å². The molecule has 1 aromatic heterocycles. The highest BCUT2D eigenvalue weighted by atomic mass is 32.2. The van der Waals surface area contributed by atoms with Gasteiger partial charge in [0.2, 0.25) is 0 Å². The van der Waals surface area contributed by atoms with Crippen molar-refractivity contribution in [3.8, 4) is 0 Å².